The zero-order valence-electron chi connectivity index (χ0n) is 10.4. The first-order valence-corrected chi connectivity index (χ1v) is 7.14. The highest BCUT2D eigenvalue weighted by Gasteiger charge is 2.38. The van der Waals surface area contributed by atoms with Crippen LogP contribution in [0.3, 0.4) is 0 Å². The predicted molar refractivity (Wildman–Crippen MR) is 70.7 cm³/mol. The molecule has 19 heavy (non-hydrogen) atoms. The third-order valence-electron chi connectivity index (χ3n) is 2.86. The number of thioether (sulfide) groups is 1. The van der Waals surface area contributed by atoms with Crippen molar-refractivity contribution < 1.29 is 18.4 Å². The van der Waals surface area contributed by atoms with Crippen molar-refractivity contribution in [3.8, 4) is 0 Å². The van der Waals surface area contributed by atoms with E-state index in [1.807, 2.05) is 6.92 Å². The highest BCUT2D eigenvalue weighted by atomic mass is 32.2. The first kappa shape index (κ1) is 14.0. The van der Waals surface area contributed by atoms with E-state index in [9.17, 15) is 18.4 Å². The second-order valence-corrected chi connectivity index (χ2v) is 5.51. The van der Waals surface area contributed by atoms with Crippen LogP contribution in [0.4, 0.5) is 14.5 Å². The Kier molecular flexibility index (Phi) is 4.19. The summed E-state index contributed by atoms with van der Waals surface area (Å²) < 4.78 is 26.8. The molecule has 2 rings (SSSR count). The number of Topliss-reactive ketones (excluding diaryl/α,β-unsaturated/α-hetero) is 1. The molecule has 0 fully saturated rings. The van der Waals surface area contributed by atoms with Gasteiger partial charge in [0.2, 0.25) is 0 Å². The summed E-state index contributed by atoms with van der Waals surface area (Å²) in [5, 5.41) is 0. The van der Waals surface area contributed by atoms with Crippen molar-refractivity contribution in [2.75, 3.05) is 23.0 Å². The van der Waals surface area contributed by atoms with Crippen LogP contribution in [0.25, 0.3) is 0 Å². The zero-order valence-corrected chi connectivity index (χ0v) is 11.2. The molecule has 0 spiro atoms. The van der Waals surface area contributed by atoms with Crippen LogP contribution < -0.4 is 4.90 Å². The molecule has 3 nitrogen and oxygen atoms in total. The SMILES string of the molecule is CCSCCCN1C(=O)C(=O)c2cc(F)cc(F)c21. The number of fused-ring (bicyclic) bond motifs is 1. The molecule has 1 amide bonds. The van der Waals surface area contributed by atoms with E-state index in [1.165, 1.54) is 0 Å². The average molecular weight is 285 g/mol. The number of benzene rings is 1. The Hall–Kier alpha value is -1.43. The molecule has 1 aromatic carbocycles. The lowest BCUT2D eigenvalue weighted by Crippen LogP contribution is -2.31. The topological polar surface area (TPSA) is 37.4 Å². The van der Waals surface area contributed by atoms with E-state index in [1.54, 1.807) is 11.8 Å². The van der Waals surface area contributed by atoms with Gasteiger partial charge in [0, 0.05) is 12.6 Å². The second kappa shape index (κ2) is 5.69. The lowest BCUT2D eigenvalue weighted by molar-refractivity contribution is -0.114. The van der Waals surface area contributed by atoms with Crippen molar-refractivity contribution in [2.45, 2.75) is 13.3 Å². The number of halogens is 2. The van der Waals surface area contributed by atoms with Crippen molar-refractivity contribution in [2.24, 2.45) is 0 Å². The average Bonchev–Trinajstić information content (AvgIpc) is 2.60. The molecule has 1 aliphatic rings. The number of anilines is 1. The van der Waals surface area contributed by atoms with E-state index >= 15 is 0 Å². The normalized spacial score (nSPS) is 14.2. The number of carbonyl (C=O) groups excluding carboxylic acids is 2. The molecule has 0 unspecified atom stereocenters. The van der Waals surface area contributed by atoms with Crippen LogP contribution in [0.2, 0.25) is 0 Å². The molecule has 102 valence electrons. The molecule has 0 radical (unpaired) electrons. The Balaban J connectivity index is 2.23. The minimum Gasteiger partial charge on any atom is -0.302 e. The summed E-state index contributed by atoms with van der Waals surface area (Å²) in [6.07, 6.45) is 0.660. The lowest BCUT2D eigenvalue weighted by Gasteiger charge is -2.16. The van der Waals surface area contributed by atoms with Crippen molar-refractivity contribution in [1.29, 1.82) is 0 Å². The maximum Gasteiger partial charge on any atom is 0.299 e. The Bertz CT molecular complexity index is 534. The van der Waals surface area contributed by atoms with Crippen LogP contribution in [-0.4, -0.2) is 29.7 Å². The minimum absolute atomic E-state index is 0.0853. The fourth-order valence-electron chi connectivity index (χ4n) is 2.04. The summed E-state index contributed by atoms with van der Waals surface area (Å²) in [5.41, 5.74) is -0.261. The summed E-state index contributed by atoms with van der Waals surface area (Å²) in [7, 11) is 0. The van der Waals surface area contributed by atoms with Gasteiger partial charge in [0.25, 0.3) is 11.7 Å². The molecule has 0 aromatic heterocycles. The van der Waals surface area contributed by atoms with Gasteiger partial charge < -0.3 is 4.90 Å². The third kappa shape index (κ3) is 2.63. The van der Waals surface area contributed by atoms with Gasteiger partial charge in [-0.3, -0.25) is 9.59 Å². The van der Waals surface area contributed by atoms with Crippen molar-refractivity contribution in [3.63, 3.8) is 0 Å². The van der Waals surface area contributed by atoms with Gasteiger partial charge in [-0.05, 0) is 24.0 Å². The second-order valence-electron chi connectivity index (χ2n) is 4.12. The van der Waals surface area contributed by atoms with Crippen LogP contribution >= 0.6 is 11.8 Å². The predicted octanol–water partition coefficient (Wildman–Crippen LogP) is 2.64. The summed E-state index contributed by atoms with van der Waals surface area (Å²) >= 11 is 1.70. The van der Waals surface area contributed by atoms with E-state index in [-0.39, 0.29) is 17.8 Å². The number of carbonyl (C=O) groups is 2. The van der Waals surface area contributed by atoms with Gasteiger partial charge in [-0.2, -0.15) is 11.8 Å². The van der Waals surface area contributed by atoms with Crippen LogP contribution in [0.1, 0.15) is 23.7 Å². The number of rotatable bonds is 5. The van der Waals surface area contributed by atoms with Gasteiger partial charge in [0.15, 0.2) is 5.82 Å². The van der Waals surface area contributed by atoms with Crippen LogP contribution in [0, 0.1) is 11.6 Å². The summed E-state index contributed by atoms with van der Waals surface area (Å²) in [6.45, 7) is 2.29. The first-order chi connectivity index (χ1) is 9.06. The number of hydrogen-bond donors (Lipinski definition) is 0. The first-order valence-electron chi connectivity index (χ1n) is 5.99. The maximum absolute atomic E-state index is 13.7. The van der Waals surface area contributed by atoms with Gasteiger partial charge in [-0.1, -0.05) is 6.92 Å². The largest absolute Gasteiger partial charge is 0.302 e. The van der Waals surface area contributed by atoms with Gasteiger partial charge in [0.05, 0.1) is 11.3 Å². The maximum atomic E-state index is 13.7. The van der Waals surface area contributed by atoms with Gasteiger partial charge in [-0.15, -0.1) is 0 Å². The molecule has 1 aromatic rings. The van der Waals surface area contributed by atoms with E-state index in [0.717, 1.165) is 22.5 Å². The van der Waals surface area contributed by atoms with Crippen LogP contribution in [0.5, 0.6) is 0 Å². The fraction of sp³-hybridized carbons (Fsp3) is 0.385. The fourth-order valence-corrected chi connectivity index (χ4v) is 2.66. The van der Waals surface area contributed by atoms with Gasteiger partial charge in [-0.25, -0.2) is 8.78 Å². The molecule has 6 heteroatoms. The van der Waals surface area contributed by atoms with Crippen molar-refractivity contribution >= 4 is 29.1 Å². The Morgan fingerprint density at radius 2 is 2.00 bits per heavy atom. The van der Waals surface area contributed by atoms with E-state index in [0.29, 0.717) is 12.5 Å². The molecule has 0 bridgehead atoms. The number of amides is 1. The molecule has 1 heterocycles. The Morgan fingerprint density at radius 3 is 2.68 bits per heavy atom. The molecule has 0 saturated carbocycles. The molecule has 0 saturated heterocycles. The smallest absolute Gasteiger partial charge is 0.299 e. The number of nitrogens with zero attached hydrogens (tertiary/aromatic N) is 1. The molecule has 0 aliphatic carbocycles. The minimum atomic E-state index is -0.864. The molecule has 0 atom stereocenters. The zero-order chi connectivity index (χ0) is 14.0. The van der Waals surface area contributed by atoms with Crippen molar-refractivity contribution in [3.05, 3.63) is 29.3 Å². The molecular weight excluding hydrogens is 272 g/mol. The molecular formula is C13H13F2NO2S. The monoisotopic (exact) mass is 285 g/mol. The quantitative estimate of drug-likeness (QED) is 0.616. The van der Waals surface area contributed by atoms with E-state index in [4.69, 9.17) is 0 Å². The number of hydrogen-bond acceptors (Lipinski definition) is 3. The van der Waals surface area contributed by atoms with Crippen LogP contribution in [-0.2, 0) is 4.79 Å². The van der Waals surface area contributed by atoms with Crippen molar-refractivity contribution in [1.82, 2.24) is 0 Å². The summed E-state index contributed by atoms with van der Waals surface area (Å²) in [5.74, 6) is -1.54. The highest BCUT2D eigenvalue weighted by molar-refractivity contribution is 7.99. The summed E-state index contributed by atoms with van der Waals surface area (Å²) in [4.78, 5) is 24.6. The number of ketones is 1. The van der Waals surface area contributed by atoms with Gasteiger partial charge >= 0.3 is 0 Å². The van der Waals surface area contributed by atoms with Crippen LogP contribution in [0.15, 0.2) is 12.1 Å². The Labute approximate surface area is 114 Å². The van der Waals surface area contributed by atoms with E-state index in [2.05, 4.69) is 0 Å². The Morgan fingerprint density at radius 1 is 1.26 bits per heavy atom. The molecule has 1 aliphatic heterocycles. The standard InChI is InChI=1S/C13H13F2NO2S/c1-2-19-5-3-4-16-11-9(12(17)13(16)18)6-8(14)7-10(11)15/h6-7H,2-5H2,1H3. The van der Waals surface area contributed by atoms with E-state index < -0.39 is 23.3 Å². The van der Waals surface area contributed by atoms with Gasteiger partial charge in [0.1, 0.15) is 5.82 Å². The molecule has 0 N–H and O–H groups in total. The highest BCUT2D eigenvalue weighted by Crippen LogP contribution is 2.32. The summed E-state index contributed by atoms with van der Waals surface area (Å²) in [6, 6.07) is 1.61. The lowest BCUT2D eigenvalue weighted by atomic mass is 10.1. The third-order valence-corrected chi connectivity index (χ3v) is 3.84.